The maximum atomic E-state index is 12.3. The van der Waals surface area contributed by atoms with Gasteiger partial charge < -0.3 is 15.0 Å². The van der Waals surface area contributed by atoms with E-state index in [2.05, 4.69) is 5.32 Å². The van der Waals surface area contributed by atoms with Gasteiger partial charge in [0, 0.05) is 13.1 Å². The maximum Gasteiger partial charge on any atom is 0.408 e. The van der Waals surface area contributed by atoms with E-state index in [0.29, 0.717) is 6.42 Å². The molecule has 1 aromatic carbocycles. The van der Waals surface area contributed by atoms with Crippen molar-refractivity contribution in [3.63, 3.8) is 0 Å². The van der Waals surface area contributed by atoms with Crippen molar-refractivity contribution >= 4 is 21.8 Å². The minimum Gasteiger partial charge on any atom is -0.445 e. The van der Waals surface area contributed by atoms with Crippen LogP contribution >= 0.6 is 0 Å². The molecular weight excluding hydrogens is 332 g/mol. The molecule has 0 spiro atoms. The number of ether oxygens (including phenoxy) is 1. The lowest BCUT2D eigenvalue weighted by atomic mass is 10.2. The van der Waals surface area contributed by atoms with Crippen LogP contribution < -0.4 is 5.32 Å². The third kappa shape index (κ3) is 4.95. The third-order valence-corrected chi connectivity index (χ3v) is 5.77. The van der Waals surface area contributed by atoms with Gasteiger partial charge in [-0.15, -0.1) is 0 Å². The largest absolute Gasteiger partial charge is 0.445 e. The fourth-order valence-corrected chi connectivity index (χ4v) is 4.34. The van der Waals surface area contributed by atoms with Gasteiger partial charge in [0.2, 0.25) is 5.91 Å². The second-order valence-electron chi connectivity index (χ2n) is 5.93. The first-order valence-electron chi connectivity index (χ1n) is 7.73. The van der Waals surface area contributed by atoms with Crippen molar-refractivity contribution in [2.45, 2.75) is 32.0 Å². The zero-order valence-electron chi connectivity index (χ0n) is 13.8. The van der Waals surface area contributed by atoms with Gasteiger partial charge in [-0.2, -0.15) is 0 Å². The summed E-state index contributed by atoms with van der Waals surface area (Å²) in [6.07, 6.45) is -0.261. The van der Waals surface area contributed by atoms with Crippen LogP contribution in [0.25, 0.3) is 0 Å². The Bertz CT molecular complexity index is 690. The Morgan fingerprint density at radius 2 is 2.00 bits per heavy atom. The number of benzene rings is 1. The van der Waals surface area contributed by atoms with Crippen LogP contribution in [0.2, 0.25) is 0 Å². The summed E-state index contributed by atoms with van der Waals surface area (Å²) in [5.74, 6) is -0.273. The standard InChI is InChI=1S/C16H22N2O5S/c1-12(15(19)18(2)14-8-9-24(21,22)11-14)17-16(20)23-10-13-6-4-3-5-7-13/h3-7,12,14H,8-11H2,1-2H3,(H,17,20)/t12-,14-/m0/s1. The monoisotopic (exact) mass is 354 g/mol. The zero-order chi connectivity index (χ0) is 17.7. The van der Waals surface area contributed by atoms with E-state index in [1.54, 1.807) is 14.0 Å². The Hall–Kier alpha value is -2.09. The molecule has 132 valence electrons. The first-order valence-corrected chi connectivity index (χ1v) is 9.55. The number of likely N-dealkylation sites (N-methyl/N-ethyl adjacent to an activating group) is 1. The average Bonchev–Trinajstić information content (AvgIpc) is 2.92. The van der Waals surface area contributed by atoms with Crippen LogP contribution in [0.3, 0.4) is 0 Å². The molecule has 0 radical (unpaired) electrons. The Morgan fingerprint density at radius 3 is 2.58 bits per heavy atom. The van der Waals surface area contributed by atoms with Crippen LogP contribution in [0.1, 0.15) is 18.9 Å². The van der Waals surface area contributed by atoms with Gasteiger partial charge in [0.15, 0.2) is 9.84 Å². The quantitative estimate of drug-likeness (QED) is 0.850. The van der Waals surface area contributed by atoms with E-state index < -0.39 is 22.0 Å². The second kappa shape index (κ2) is 7.65. The summed E-state index contributed by atoms with van der Waals surface area (Å²) in [5.41, 5.74) is 0.847. The van der Waals surface area contributed by atoms with Crippen LogP contribution in [0, 0.1) is 0 Å². The van der Waals surface area contributed by atoms with E-state index in [1.807, 2.05) is 30.3 Å². The molecule has 1 N–H and O–H groups in total. The first-order chi connectivity index (χ1) is 11.3. The molecule has 1 heterocycles. The van der Waals surface area contributed by atoms with Crippen molar-refractivity contribution in [2.75, 3.05) is 18.6 Å². The highest BCUT2D eigenvalue weighted by Crippen LogP contribution is 2.17. The molecule has 2 atom stereocenters. The Balaban J connectivity index is 1.81. The van der Waals surface area contributed by atoms with E-state index in [-0.39, 0.29) is 30.1 Å². The van der Waals surface area contributed by atoms with Gasteiger partial charge in [0.05, 0.1) is 11.5 Å². The number of carbonyl (C=O) groups is 2. The lowest BCUT2D eigenvalue weighted by Crippen LogP contribution is -2.49. The summed E-state index contributed by atoms with van der Waals surface area (Å²) in [7, 11) is -1.51. The van der Waals surface area contributed by atoms with E-state index in [1.165, 1.54) is 4.90 Å². The minimum absolute atomic E-state index is 0.0274. The van der Waals surface area contributed by atoms with Gasteiger partial charge in [0.1, 0.15) is 12.6 Å². The number of alkyl carbamates (subject to hydrolysis) is 1. The maximum absolute atomic E-state index is 12.3. The third-order valence-electron chi connectivity index (χ3n) is 4.02. The number of hydrogen-bond acceptors (Lipinski definition) is 5. The van der Waals surface area contributed by atoms with Crippen LogP contribution in [0.15, 0.2) is 30.3 Å². The molecule has 0 aromatic heterocycles. The summed E-state index contributed by atoms with van der Waals surface area (Å²) in [5, 5.41) is 2.47. The molecular formula is C16H22N2O5S. The number of hydrogen-bond donors (Lipinski definition) is 1. The normalized spacial score (nSPS) is 20.2. The Kier molecular flexibility index (Phi) is 5.82. The topological polar surface area (TPSA) is 92.8 Å². The molecule has 2 rings (SSSR count). The smallest absolute Gasteiger partial charge is 0.408 e. The van der Waals surface area contributed by atoms with E-state index in [9.17, 15) is 18.0 Å². The van der Waals surface area contributed by atoms with Crippen LogP contribution in [0.4, 0.5) is 4.79 Å². The number of sulfone groups is 1. The number of amides is 2. The molecule has 1 aliphatic heterocycles. The zero-order valence-corrected chi connectivity index (χ0v) is 14.6. The van der Waals surface area contributed by atoms with E-state index in [4.69, 9.17) is 4.74 Å². The highest BCUT2D eigenvalue weighted by molar-refractivity contribution is 7.91. The summed E-state index contributed by atoms with van der Waals surface area (Å²) in [6, 6.07) is 8.07. The highest BCUT2D eigenvalue weighted by atomic mass is 32.2. The fraction of sp³-hybridized carbons (Fsp3) is 0.500. The SMILES string of the molecule is C[C@H](NC(=O)OCc1ccccc1)C(=O)N(C)[C@H]1CCS(=O)(=O)C1. The van der Waals surface area contributed by atoms with Crippen LogP contribution in [-0.2, 0) is 26.0 Å². The summed E-state index contributed by atoms with van der Waals surface area (Å²) in [6.45, 7) is 1.66. The highest BCUT2D eigenvalue weighted by Gasteiger charge is 2.34. The van der Waals surface area contributed by atoms with Gasteiger partial charge in [-0.3, -0.25) is 4.79 Å². The summed E-state index contributed by atoms with van der Waals surface area (Å²) in [4.78, 5) is 25.5. The molecule has 1 fully saturated rings. The van der Waals surface area contributed by atoms with Crippen molar-refractivity contribution in [3.05, 3.63) is 35.9 Å². The molecule has 2 amide bonds. The van der Waals surface area contributed by atoms with Gasteiger partial charge in [-0.1, -0.05) is 30.3 Å². The second-order valence-corrected chi connectivity index (χ2v) is 8.16. The van der Waals surface area contributed by atoms with Crippen LogP contribution in [-0.4, -0.2) is 56.0 Å². The predicted octanol–water partition coefficient (Wildman–Crippen LogP) is 0.947. The number of nitrogens with one attached hydrogen (secondary N) is 1. The van der Waals surface area contributed by atoms with Gasteiger partial charge in [-0.05, 0) is 18.9 Å². The van der Waals surface area contributed by atoms with Crippen molar-refractivity contribution in [3.8, 4) is 0 Å². The molecule has 7 nitrogen and oxygen atoms in total. The van der Waals surface area contributed by atoms with Gasteiger partial charge in [0.25, 0.3) is 0 Å². The summed E-state index contributed by atoms with van der Waals surface area (Å²) < 4.78 is 28.1. The lowest BCUT2D eigenvalue weighted by molar-refractivity contribution is -0.133. The predicted molar refractivity (Wildman–Crippen MR) is 89.1 cm³/mol. The van der Waals surface area contributed by atoms with Crippen molar-refractivity contribution < 1.29 is 22.7 Å². The number of carbonyl (C=O) groups excluding carboxylic acids is 2. The molecule has 24 heavy (non-hydrogen) atoms. The first kappa shape index (κ1) is 18.3. The average molecular weight is 354 g/mol. The van der Waals surface area contributed by atoms with E-state index >= 15 is 0 Å². The number of nitrogens with zero attached hydrogens (tertiary/aromatic N) is 1. The van der Waals surface area contributed by atoms with Gasteiger partial charge >= 0.3 is 6.09 Å². The molecule has 0 saturated carbocycles. The van der Waals surface area contributed by atoms with Crippen LogP contribution in [0.5, 0.6) is 0 Å². The van der Waals surface area contributed by atoms with Gasteiger partial charge in [-0.25, -0.2) is 13.2 Å². The fourth-order valence-electron chi connectivity index (χ4n) is 2.57. The number of rotatable bonds is 5. The molecule has 1 aromatic rings. The minimum atomic E-state index is -3.07. The molecule has 1 saturated heterocycles. The molecule has 1 aliphatic rings. The molecule has 0 unspecified atom stereocenters. The Morgan fingerprint density at radius 1 is 1.33 bits per heavy atom. The molecule has 0 aliphatic carbocycles. The van der Waals surface area contributed by atoms with E-state index in [0.717, 1.165) is 5.56 Å². The van der Waals surface area contributed by atoms with Crippen molar-refractivity contribution in [1.82, 2.24) is 10.2 Å². The molecule has 0 bridgehead atoms. The van der Waals surface area contributed by atoms with Crippen molar-refractivity contribution in [1.29, 1.82) is 0 Å². The van der Waals surface area contributed by atoms with Crippen molar-refractivity contribution in [2.24, 2.45) is 0 Å². The Labute approximate surface area is 141 Å². The summed E-state index contributed by atoms with van der Waals surface area (Å²) >= 11 is 0. The molecule has 8 heteroatoms. The lowest BCUT2D eigenvalue weighted by Gasteiger charge is -2.26.